The van der Waals surface area contributed by atoms with Crippen LogP contribution in [0, 0.1) is 0 Å². The van der Waals surface area contributed by atoms with Crippen LogP contribution in [0.5, 0.6) is 0 Å². The largest absolute Gasteiger partial charge is 0.453 e. The Balaban J connectivity index is 1.82. The molecule has 0 aliphatic carbocycles. The molecule has 3 aromatic rings. The van der Waals surface area contributed by atoms with Gasteiger partial charge in [0.2, 0.25) is 0 Å². The molecule has 28 heavy (non-hydrogen) atoms. The van der Waals surface area contributed by atoms with Crippen LogP contribution in [-0.4, -0.2) is 30.6 Å². The van der Waals surface area contributed by atoms with Gasteiger partial charge < -0.3 is 4.74 Å². The number of nitrogens with one attached hydrogen (secondary N) is 1. The third-order valence-corrected chi connectivity index (χ3v) is 4.78. The van der Waals surface area contributed by atoms with Gasteiger partial charge in [-0.15, -0.1) is 17.9 Å². The van der Waals surface area contributed by atoms with Crippen LogP contribution >= 0.6 is 11.3 Å². The van der Waals surface area contributed by atoms with E-state index >= 15 is 0 Å². The topological polar surface area (TPSA) is 71.5 Å². The van der Waals surface area contributed by atoms with Crippen LogP contribution < -0.4 is 10.2 Å². The Bertz CT molecular complexity index is 968. The smallest absolute Gasteiger partial charge is 0.411 e. The lowest BCUT2D eigenvalue weighted by molar-refractivity contribution is 0.0989. The highest BCUT2D eigenvalue weighted by atomic mass is 32.1. The average molecular weight is 393 g/mol. The van der Waals surface area contributed by atoms with Gasteiger partial charge in [0.15, 0.2) is 5.13 Å². The molecule has 0 unspecified atom stereocenters. The van der Waals surface area contributed by atoms with E-state index in [4.69, 9.17) is 0 Å². The molecule has 0 radical (unpaired) electrons. The van der Waals surface area contributed by atoms with E-state index in [9.17, 15) is 9.59 Å². The Labute approximate surface area is 167 Å². The number of rotatable bonds is 6. The predicted octanol–water partition coefficient (Wildman–Crippen LogP) is 4.82. The monoisotopic (exact) mass is 393 g/mol. The number of amides is 2. The van der Waals surface area contributed by atoms with Crippen LogP contribution in [0.1, 0.15) is 10.4 Å². The molecule has 0 saturated heterocycles. The minimum atomic E-state index is -0.566. The van der Waals surface area contributed by atoms with Crippen LogP contribution in [0.15, 0.2) is 72.6 Å². The normalized spacial score (nSPS) is 10.2. The van der Waals surface area contributed by atoms with E-state index < -0.39 is 6.09 Å². The van der Waals surface area contributed by atoms with Gasteiger partial charge >= 0.3 is 6.09 Å². The molecule has 1 heterocycles. The maximum Gasteiger partial charge on any atom is 0.411 e. The van der Waals surface area contributed by atoms with Crippen molar-refractivity contribution in [1.82, 2.24) is 4.98 Å². The number of methoxy groups -OCH3 is 1. The Morgan fingerprint density at radius 2 is 1.89 bits per heavy atom. The summed E-state index contributed by atoms with van der Waals surface area (Å²) in [5.74, 6) is -0.196. The summed E-state index contributed by atoms with van der Waals surface area (Å²) in [6.45, 7) is 4.08. The molecule has 0 atom stereocenters. The number of hydrogen-bond donors (Lipinski definition) is 1. The number of thiazole rings is 1. The highest BCUT2D eigenvalue weighted by molar-refractivity contribution is 7.14. The molecule has 0 aliphatic rings. The van der Waals surface area contributed by atoms with Gasteiger partial charge in [0.1, 0.15) is 0 Å². The van der Waals surface area contributed by atoms with E-state index in [1.54, 1.807) is 35.2 Å². The van der Waals surface area contributed by atoms with E-state index in [0.717, 1.165) is 11.3 Å². The van der Waals surface area contributed by atoms with Gasteiger partial charge in [-0.05, 0) is 24.3 Å². The summed E-state index contributed by atoms with van der Waals surface area (Å²) in [6, 6.07) is 16.4. The van der Waals surface area contributed by atoms with Crippen LogP contribution in [0.4, 0.5) is 15.6 Å². The summed E-state index contributed by atoms with van der Waals surface area (Å²) in [4.78, 5) is 30.5. The molecule has 3 rings (SSSR count). The third kappa shape index (κ3) is 4.44. The number of nitrogens with zero attached hydrogens (tertiary/aromatic N) is 2. The SMILES string of the molecule is C=CCN(C(=O)c1ccc(NC(=O)OC)cc1)c1nc(-c2ccccc2)cs1. The van der Waals surface area contributed by atoms with E-state index in [1.165, 1.54) is 18.4 Å². The Hall–Kier alpha value is -3.45. The van der Waals surface area contributed by atoms with Gasteiger partial charge in [-0.1, -0.05) is 36.4 Å². The van der Waals surface area contributed by atoms with Crippen molar-refractivity contribution in [3.05, 3.63) is 78.2 Å². The zero-order valence-electron chi connectivity index (χ0n) is 15.3. The van der Waals surface area contributed by atoms with Crippen molar-refractivity contribution in [2.24, 2.45) is 0 Å². The van der Waals surface area contributed by atoms with Crippen LogP contribution in [0.3, 0.4) is 0 Å². The number of carbonyl (C=O) groups excluding carboxylic acids is 2. The average Bonchev–Trinajstić information content (AvgIpc) is 3.22. The second kappa shape index (κ2) is 8.96. The molecule has 0 bridgehead atoms. The van der Waals surface area contributed by atoms with Crippen LogP contribution in [-0.2, 0) is 4.74 Å². The van der Waals surface area contributed by atoms with Crippen molar-refractivity contribution >= 4 is 34.2 Å². The second-order valence-corrected chi connectivity index (χ2v) is 6.62. The fourth-order valence-electron chi connectivity index (χ4n) is 2.53. The molecule has 0 aliphatic heterocycles. The summed E-state index contributed by atoms with van der Waals surface area (Å²) in [6.07, 6.45) is 1.10. The minimum Gasteiger partial charge on any atom is -0.453 e. The van der Waals surface area contributed by atoms with Crippen LogP contribution in [0.25, 0.3) is 11.3 Å². The number of hydrogen-bond acceptors (Lipinski definition) is 5. The van der Waals surface area contributed by atoms with Gasteiger partial charge in [-0.2, -0.15) is 0 Å². The summed E-state index contributed by atoms with van der Waals surface area (Å²) in [5.41, 5.74) is 2.84. The number of anilines is 2. The molecule has 142 valence electrons. The Kier molecular flexibility index (Phi) is 6.18. The molecule has 0 saturated carbocycles. The van der Waals surface area contributed by atoms with E-state index in [2.05, 4.69) is 21.6 Å². The van der Waals surface area contributed by atoms with Crippen molar-refractivity contribution in [3.8, 4) is 11.3 Å². The lowest BCUT2D eigenvalue weighted by Crippen LogP contribution is -2.31. The molecule has 0 fully saturated rings. The maximum atomic E-state index is 13.0. The fraction of sp³-hybridized carbons (Fsp3) is 0.0952. The summed E-state index contributed by atoms with van der Waals surface area (Å²) in [7, 11) is 1.29. The Morgan fingerprint density at radius 3 is 2.54 bits per heavy atom. The van der Waals surface area contributed by atoms with Gasteiger partial charge in [0.25, 0.3) is 5.91 Å². The molecule has 1 N–H and O–H groups in total. The highest BCUT2D eigenvalue weighted by Gasteiger charge is 2.20. The number of benzene rings is 2. The molecule has 6 nitrogen and oxygen atoms in total. The number of ether oxygens (including phenoxy) is 1. The highest BCUT2D eigenvalue weighted by Crippen LogP contribution is 2.28. The van der Waals surface area contributed by atoms with E-state index in [1.807, 2.05) is 35.7 Å². The first-order valence-electron chi connectivity index (χ1n) is 8.51. The second-order valence-electron chi connectivity index (χ2n) is 5.78. The molecule has 2 aromatic carbocycles. The summed E-state index contributed by atoms with van der Waals surface area (Å²) in [5, 5.41) is 5.08. The lowest BCUT2D eigenvalue weighted by Gasteiger charge is -2.18. The summed E-state index contributed by atoms with van der Waals surface area (Å²) >= 11 is 1.40. The quantitative estimate of drug-likeness (QED) is 0.610. The Morgan fingerprint density at radius 1 is 1.18 bits per heavy atom. The van der Waals surface area contributed by atoms with Gasteiger partial charge in [-0.3, -0.25) is 15.0 Å². The first-order valence-corrected chi connectivity index (χ1v) is 9.39. The van der Waals surface area contributed by atoms with Crippen molar-refractivity contribution in [2.75, 3.05) is 23.9 Å². The summed E-state index contributed by atoms with van der Waals surface area (Å²) < 4.78 is 4.56. The van der Waals surface area contributed by atoms with Crippen molar-refractivity contribution in [3.63, 3.8) is 0 Å². The third-order valence-electron chi connectivity index (χ3n) is 3.91. The maximum absolute atomic E-state index is 13.0. The number of aromatic nitrogens is 1. The van der Waals surface area contributed by atoms with Gasteiger partial charge in [-0.25, -0.2) is 9.78 Å². The zero-order chi connectivity index (χ0) is 19.9. The zero-order valence-corrected chi connectivity index (χ0v) is 16.1. The first kappa shape index (κ1) is 19.3. The molecule has 1 aromatic heterocycles. The van der Waals surface area contributed by atoms with Crippen molar-refractivity contribution in [2.45, 2.75) is 0 Å². The fourth-order valence-corrected chi connectivity index (χ4v) is 3.37. The predicted molar refractivity (Wildman–Crippen MR) is 112 cm³/mol. The number of carbonyl (C=O) groups is 2. The molecule has 7 heteroatoms. The first-order chi connectivity index (χ1) is 13.6. The molecular formula is C21H19N3O3S. The standard InChI is InChI=1S/C21H19N3O3S/c1-3-13-24(20-23-18(14-28-20)15-7-5-4-6-8-15)19(25)16-9-11-17(12-10-16)22-21(26)27-2/h3-12,14H,1,13H2,2H3,(H,22,26). The van der Waals surface area contributed by atoms with Crippen molar-refractivity contribution in [1.29, 1.82) is 0 Å². The molecule has 2 amide bonds. The minimum absolute atomic E-state index is 0.196. The van der Waals surface area contributed by atoms with Crippen molar-refractivity contribution < 1.29 is 14.3 Å². The molecular weight excluding hydrogens is 374 g/mol. The lowest BCUT2D eigenvalue weighted by atomic mass is 10.2. The van der Waals surface area contributed by atoms with E-state index in [-0.39, 0.29) is 5.91 Å². The van der Waals surface area contributed by atoms with Gasteiger partial charge in [0, 0.05) is 28.7 Å². The molecule has 0 spiro atoms. The van der Waals surface area contributed by atoms with Crippen LogP contribution in [0.2, 0.25) is 0 Å². The van der Waals surface area contributed by atoms with Gasteiger partial charge in [0.05, 0.1) is 12.8 Å². The van der Waals surface area contributed by atoms with E-state index in [0.29, 0.717) is 22.9 Å².